The Hall–Kier alpha value is -1.26. The maximum absolute atomic E-state index is 5.84. The van der Waals surface area contributed by atoms with E-state index in [1.54, 1.807) is 30.4 Å². The molecule has 0 atom stereocenters. The molecule has 0 fully saturated rings. The number of benzene rings is 1. The smallest absolute Gasteiger partial charge is 0.115 e. The molecule has 1 aromatic heterocycles. The number of halogens is 1. The molecule has 0 saturated heterocycles. The standard InChI is InChI=1S/C11H10ClN3S/c12-9-2-1-8(5-10(9)13)7-16-11-6-14-3-4-15-11/h1-6H,7,13H2. The van der Waals surface area contributed by atoms with E-state index in [1.165, 1.54) is 0 Å². The zero-order valence-corrected chi connectivity index (χ0v) is 10.0. The lowest BCUT2D eigenvalue weighted by molar-refractivity contribution is 1.05. The van der Waals surface area contributed by atoms with E-state index in [1.807, 2.05) is 18.2 Å². The van der Waals surface area contributed by atoms with Crippen LogP contribution in [0.15, 0.2) is 41.8 Å². The van der Waals surface area contributed by atoms with E-state index in [0.717, 1.165) is 16.3 Å². The van der Waals surface area contributed by atoms with Crippen molar-refractivity contribution in [2.24, 2.45) is 0 Å². The SMILES string of the molecule is Nc1cc(CSc2cnccn2)ccc1Cl. The summed E-state index contributed by atoms with van der Waals surface area (Å²) in [5.74, 6) is 0.806. The minimum atomic E-state index is 0.591. The molecular weight excluding hydrogens is 242 g/mol. The molecule has 0 spiro atoms. The minimum Gasteiger partial charge on any atom is -0.398 e. The lowest BCUT2D eigenvalue weighted by atomic mass is 10.2. The number of nitrogen functional groups attached to an aromatic ring is 1. The van der Waals surface area contributed by atoms with E-state index in [-0.39, 0.29) is 0 Å². The Morgan fingerprint density at radius 2 is 2.19 bits per heavy atom. The van der Waals surface area contributed by atoms with Crippen molar-refractivity contribution in [1.82, 2.24) is 9.97 Å². The predicted octanol–water partition coefficient (Wildman–Crippen LogP) is 3.00. The molecule has 0 amide bonds. The van der Waals surface area contributed by atoms with Crippen LogP contribution in [0.4, 0.5) is 5.69 Å². The van der Waals surface area contributed by atoms with Gasteiger partial charge in [0.05, 0.1) is 16.9 Å². The van der Waals surface area contributed by atoms with Gasteiger partial charge in [-0.1, -0.05) is 17.7 Å². The molecule has 3 nitrogen and oxygen atoms in total. The van der Waals surface area contributed by atoms with Gasteiger partial charge >= 0.3 is 0 Å². The van der Waals surface area contributed by atoms with Crippen molar-refractivity contribution in [2.45, 2.75) is 10.8 Å². The van der Waals surface area contributed by atoms with Crippen LogP contribution >= 0.6 is 23.4 Å². The number of hydrogen-bond donors (Lipinski definition) is 1. The van der Waals surface area contributed by atoms with Crippen molar-refractivity contribution in [3.63, 3.8) is 0 Å². The highest BCUT2D eigenvalue weighted by atomic mass is 35.5. The van der Waals surface area contributed by atoms with Crippen LogP contribution in [-0.2, 0) is 5.75 Å². The van der Waals surface area contributed by atoms with Crippen molar-refractivity contribution in [1.29, 1.82) is 0 Å². The average Bonchev–Trinajstić information content (AvgIpc) is 2.32. The second-order valence-electron chi connectivity index (χ2n) is 3.19. The number of hydrogen-bond acceptors (Lipinski definition) is 4. The Bertz CT molecular complexity index is 476. The fourth-order valence-corrected chi connectivity index (χ4v) is 2.08. The zero-order valence-electron chi connectivity index (χ0n) is 8.43. The van der Waals surface area contributed by atoms with Gasteiger partial charge in [-0.15, -0.1) is 11.8 Å². The van der Waals surface area contributed by atoms with Crippen LogP contribution in [0.3, 0.4) is 0 Å². The molecule has 0 aliphatic carbocycles. The summed E-state index contributed by atoms with van der Waals surface area (Å²) in [6.07, 6.45) is 5.08. The molecular formula is C11H10ClN3S. The molecule has 0 bridgehead atoms. The van der Waals surface area contributed by atoms with Gasteiger partial charge in [0, 0.05) is 18.1 Å². The minimum absolute atomic E-state index is 0.591. The number of aromatic nitrogens is 2. The molecule has 1 aromatic carbocycles. The first-order valence-electron chi connectivity index (χ1n) is 4.68. The summed E-state index contributed by atoms with van der Waals surface area (Å²) in [6.45, 7) is 0. The van der Waals surface area contributed by atoms with Crippen molar-refractivity contribution < 1.29 is 0 Å². The highest BCUT2D eigenvalue weighted by Gasteiger charge is 2.00. The van der Waals surface area contributed by atoms with Crippen LogP contribution in [0.25, 0.3) is 0 Å². The first-order valence-corrected chi connectivity index (χ1v) is 6.05. The molecule has 1 heterocycles. The van der Waals surface area contributed by atoms with E-state index in [2.05, 4.69) is 9.97 Å². The Balaban J connectivity index is 2.03. The Labute approximate surface area is 103 Å². The molecule has 16 heavy (non-hydrogen) atoms. The van der Waals surface area contributed by atoms with Gasteiger partial charge < -0.3 is 5.73 Å². The summed E-state index contributed by atoms with van der Waals surface area (Å²) >= 11 is 7.46. The van der Waals surface area contributed by atoms with Crippen LogP contribution in [0.5, 0.6) is 0 Å². The fraction of sp³-hybridized carbons (Fsp3) is 0.0909. The van der Waals surface area contributed by atoms with Crippen LogP contribution in [0, 0.1) is 0 Å². The van der Waals surface area contributed by atoms with Gasteiger partial charge in [0.2, 0.25) is 0 Å². The first-order chi connectivity index (χ1) is 7.75. The molecule has 2 rings (SSSR count). The van der Waals surface area contributed by atoms with Crippen molar-refractivity contribution >= 4 is 29.1 Å². The van der Waals surface area contributed by atoms with E-state index < -0.39 is 0 Å². The maximum Gasteiger partial charge on any atom is 0.115 e. The van der Waals surface area contributed by atoms with E-state index in [0.29, 0.717) is 10.7 Å². The molecule has 0 unspecified atom stereocenters. The summed E-state index contributed by atoms with van der Waals surface area (Å²) in [7, 11) is 0. The Morgan fingerprint density at radius 1 is 1.31 bits per heavy atom. The van der Waals surface area contributed by atoms with Crippen LogP contribution in [0.1, 0.15) is 5.56 Å². The van der Waals surface area contributed by atoms with Crippen LogP contribution in [0.2, 0.25) is 5.02 Å². The zero-order chi connectivity index (χ0) is 11.4. The number of rotatable bonds is 3. The lowest BCUT2D eigenvalue weighted by Gasteiger charge is -2.03. The van der Waals surface area contributed by atoms with Crippen LogP contribution in [-0.4, -0.2) is 9.97 Å². The monoisotopic (exact) mass is 251 g/mol. The quantitative estimate of drug-likeness (QED) is 0.673. The molecule has 82 valence electrons. The largest absolute Gasteiger partial charge is 0.398 e. The first kappa shape index (κ1) is 11.2. The predicted molar refractivity (Wildman–Crippen MR) is 67.5 cm³/mol. The van der Waals surface area contributed by atoms with Gasteiger partial charge in [0.15, 0.2) is 0 Å². The second kappa shape index (κ2) is 5.18. The molecule has 0 aliphatic rings. The molecule has 5 heteroatoms. The molecule has 0 radical (unpaired) electrons. The van der Waals surface area contributed by atoms with Gasteiger partial charge in [-0.25, -0.2) is 4.98 Å². The third-order valence-corrected chi connectivity index (χ3v) is 3.32. The van der Waals surface area contributed by atoms with Gasteiger partial charge in [0.1, 0.15) is 5.03 Å². The van der Waals surface area contributed by atoms with E-state index >= 15 is 0 Å². The third kappa shape index (κ3) is 2.87. The molecule has 0 aliphatic heterocycles. The number of thioether (sulfide) groups is 1. The molecule has 0 saturated carbocycles. The molecule has 2 N–H and O–H groups in total. The summed E-state index contributed by atoms with van der Waals surface area (Å²) in [4.78, 5) is 8.18. The van der Waals surface area contributed by atoms with E-state index in [9.17, 15) is 0 Å². The van der Waals surface area contributed by atoms with Crippen molar-refractivity contribution in [3.05, 3.63) is 47.4 Å². The van der Waals surface area contributed by atoms with Crippen molar-refractivity contribution in [2.75, 3.05) is 5.73 Å². The maximum atomic E-state index is 5.84. The summed E-state index contributed by atoms with van der Waals surface area (Å²) in [5.41, 5.74) is 7.45. The van der Waals surface area contributed by atoms with Gasteiger partial charge in [-0.05, 0) is 17.7 Å². The average molecular weight is 252 g/mol. The summed E-state index contributed by atoms with van der Waals surface area (Å²) < 4.78 is 0. The lowest BCUT2D eigenvalue weighted by Crippen LogP contribution is -1.89. The van der Waals surface area contributed by atoms with Gasteiger partial charge in [0.25, 0.3) is 0 Å². The summed E-state index contributed by atoms with van der Waals surface area (Å²) in [6, 6.07) is 5.65. The normalized spacial score (nSPS) is 10.3. The number of anilines is 1. The fourth-order valence-electron chi connectivity index (χ4n) is 1.20. The highest BCUT2D eigenvalue weighted by Crippen LogP contribution is 2.24. The second-order valence-corrected chi connectivity index (χ2v) is 4.59. The van der Waals surface area contributed by atoms with Crippen molar-refractivity contribution in [3.8, 4) is 0 Å². The third-order valence-electron chi connectivity index (χ3n) is 1.99. The van der Waals surface area contributed by atoms with Gasteiger partial charge in [-0.2, -0.15) is 0 Å². The Morgan fingerprint density at radius 3 is 2.88 bits per heavy atom. The van der Waals surface area contributed by atoms with Gasteiger partial charge in [-0.3, -0.25) is 4.98 Å². The molecule has 2 aromatic rings. The number of nitrogens with two attached hydrogens (primary N) is 1. The van der Waals surface area contributed by atoms with Crippen LogP contribution < -0.4 is 5.73 Å². The van der Waals surface area contributed by atoms with E-state index in [4.69, 9.17) is 17.3 Å². The number of nitrogens with zero attached hydrogens (tertiary/aromatic N) is 2. The highest BCUT2D eigenvalue weighted by molar-refractivity contribution is 7.98. The Kier molecular flexibility index (Phi) is 3.64. The summed E-state index contributed by atoms with van der Waals surface area (Å²) in [5, 5.41) is 1.49. The topological polar surface area (TPSA) is 51.8 Å².